The first kappa shape index (κ1) is 16.7. The SMILES string of the molecule is O=C(O)C1CCC(NC(=O)N2CCCC2c2ccc(F)cc2)CC1. The van der Waals surface area contributed by atoms with E-state index in [2.05, 4.69) is 5.32 Å². The molecular formula is C18H23FN2O3. The highest BCUT2D eigenvalue weighted by Crippen LogP contribution is 2.32. The number of carboxylic acid groups (broad SMARTS) is 1. The molecule has 5 nitrogen and oxygen atoms in total. The highest BCUT2D eigenvalue weighted by molar-refractivity contribution is 5.75. The number of hydrogen-bond acceptors (Lipinski definition) is 2. The molecule has 1 saturated carbocycles. The van der Waals surface area contributed by atoms with Crippen LogP contribution in [0, 0.1) is 11.7 Å². The molecule has 1 aromatic carbocycles. The molecule has 0 spiro atoms. The Morgan fingerprint density at radius 1 is 1.08 bits per heavy atom. The second kappa shape index (κ2) is 7.20. The number of benzene rings is 1. The van der Waals surface area contributed by atoms with E-state index >= 15 is 0 Å². The molecule has 0 aromatic heterocycles. The molecule has 0 radical (unpaired) electrons. The summed E-state index contributed by atoms with van der Waals surface area (Å²) in [4.78, 5) is 25.4. The minimum Gasteiger partial charge on any atom is -0.481 e. The quantitative estimate of drug-likeness (QED) is 0.891. The number of rotatable bonds is 3. The summed E-state index contributed by atoms with van der Waals surface area (Å²) >= 11 is 0. The lowest BCUT2D eigenvalue weighted by molar-refractivity contribution is -0.142. The van der Waals surface area contributed by atoms with Crippen LogP contribution in [0.1, 0.15) is 50.1 Å². The summed E-state index contributed by atoms with van der Waals surface area (Å²) in [6.45, 7) is 0.693. The number of hydrogen-bond donors (Lipinski definition) is 2. The Morgan fingerprint density at radius 2 is 1.75 bits per heavy atom. The third-order valence-corrected chi connectivity index (χ3v) is 5.17. The van der Waals surface area contributed by atoms with Crippen LogP contribution in [0.25, 0.3) is 0 Å². The molecule has 1 unspecified atom stereocenters. The molecule has 24 heavy (non-hydrogen) atoms. The average molecular weight is 334 g/mol. The number of urea groups is 1. The van der Waals surface area contributed by atoms with Crippen LogP contribution in [-0.4, -0.2) is 34.6 Å². The van der Waals surface area contributed by atoms with Gasteiger partial charge in [0, 0.05) is 12.6 Å². The molecule has 2 amide bonds. The fourth-order valence-corrected chi connectivity index (χ4v) is 3.78. The minimum absolute atomic E-state index is 0.0130. The van der Waals surface area contributed by atoms with Crippen molar-refractivity contribution < 1.29 is 19.1 Å². The monoisotopic (exact) mass is 334 g/mol. The number of likely N-dealkylation sites (tertiary alicyclic amines) is 1. The maximum absolute atomic E-state index is 13.1. The van der Waals surface area contributed by atoms with Gasteiger partial charge in [0.1, 0.15) is 5.82 Å². The van der Waals surface area contributed by atoms with Crippen LogP contribution in [0.5, 0.6) is 0 Å². The zero-order chi connectivity index (χ0) is 17.1. The maximum atomic E-state index is 13.1. The van der Waals surface area contributed by atoms with Crippen molar-refractivity contribution in [3.63, 3.8) is 0 Å². The summed E-state index contributed by atoms with van der Waals surface area (Å²) in [6.07, 6.45) is 4.45. The third kappa shape index (κ3) is 3.68. The summed E-state index contributed by atoms with van der Waals surface area (Å²) < 4.78 is 13.1. The van der Waals surface area contributed by atoms with Gasteiger partial charge in [-0.2, -0.15) is 0 Å². The lowest BCUT2D eigenvalue weighted by atomic mass is 9.86. The van der Waals surface area contributed by atoms with Crippen LogP contribution >= 0.6 is 0 Å². The standard InChI is InChI=1S/C18H23FN2O3/c19-14-7-3-12(4-8-14)16-2-1-11-21(16)18(24)20-15-9-5-13(6-10-15)17(22)23/h3-4,7-8,13,15-16H,1-2,5-6,9-11H2,(H,20,24)(H,22,23). The second-order valence-electron chi connectivity index (χ2n) is 6.74. The Kier molecular flexibility index (Phi) is 5.02. The number of halogens is 1. The van der Waals surface area contributed by atoms with Crippen molar-refractivity contribution in [1.82, 2.24) is 10.2 Å². The van der Waals surface area contributed by atoms with E-state index in [-0.39, 0.29) is 29.8 Å². The van der Waals surface area contributed by atoms with E-state index in [1.165, 1.54) is 12.1 Å². The topological polar surface area (TPSA) is 69.6 Å². The minimum atomic E-state index is -0.740. The third-order valence-electron chi connectivity index (χ3n) is 5.17. The molecule has 2 aliphatic rings. The molecule has 1 heterocycles. The number of nitrogens with one attached hydrogen (secondary N) is 1. The number of carbonyl (C=O) groups excluding carboxylic acids is 1. The van der Waals surface area contributed by atoms with Crippen LogP contribution in [0.15, 0.2) is 24.3 Å². The van der Waals surface area contributed by atoms with Gasteiger partial charge in [-0.05, 0) is 56.2 Å². The first-order chi connectivity index (χ1) is 11.5. The fraction of sp³-hybridized carbons (Fsp3) is 0.556. The Morgan fingerprint density at radius 3 is 2.38 bits per heavy atom. The summed E-state index contributed by atoms with van der Waals surface area (Å²) in [7, 11) is 0. The van der Waals surface area contributed by atoms with Crippen LogP contribution < -0.4 is 5.32 Å². The number of nitrogens with zero attached hydrogens (tertiary/aromatic N) is 1. The summed E-state index contributed by atoms with van der Waals surface area (Å²) in [6, 6.07) is 6.27. The van der Waals surface area contributed by atoms with Crippen LogP contribution in [0.2, 0.25) is 0 Å². The number of amides is 2. The summed E-state index contributed by atoms with van der Waals surface area (Å²) in [5.41, 5.74) is 0.957. The normalized spacial score (nSPS) is 27.0. The van der Waals surface area contributed by atoms with Gasteiger partial charge in [0.05, 0.1) is 12.0 Å². The van der Waals surface area contributed by atoms with Crippen molar-refractivity contribution in [2.45, 2.75) is 50.6 Å². The predicted molar refractivity (Wildman–Crippen MR) is 87.0 cm³/mol. The zero-order valence-corrected chi connectivity index (χ0v) is 13.6. The molecule has 2 N–H and O–H groups in total. The zero-order valence-electron chi connectivity index (χ0n) is 13.6. The Balaban J connectivity index is 1.58. The van der Waals surface area contributed by atoms with Crippen molar-refractivity contribution in [1.29, 1.82) is 0 Å². The molecule has 0 bridgehead atoms. The van der Waals surface area contributed by atoms with Crippen molar-refractivity contribution >= 4 is 12.0 Å². The lowest BCUT2D eigenvalue weighted by Crippen LogP contribution is -2.46. The van der Waals surface area contributed by atoms with Gasteiger partial charge in [0.2, 0.25) is 0 Å². The Labute approximate surface area is 140 Å². The molecule has 2 fully saturated rings. The molecule has 3 rings (SSSR count). The van der Waals surface area contributed by atoms with Gasteiger partial charge >= 0.3 is 12.0 Å². The van der Waals surface area contributed by atoms with Crippen LogP contribution in [-0.2, 0) is 4.79 Å². The Hall–Kier alpha value is -2.11. The molecular weight excluding hydrogens is 311 g/mol. The largest absolute Gasteiger partial charge is 0.481 e. The molecule has 1 aliphatic heterocycles. The first-order valence-electron chi connectivity index (χ1n) is 8.60. The van der Waals surface area contributed by atoms with E-state index in [4.69, 9.17) is 5.11 Å². The van der Waals surface area contributed by atoms with Crippen molar-refractivity contribution in [3.05, 3.63) is 35.6 Å². The molecule has 1 aliphatic carbocycles. The Bertz CT molecular complexity index is 597. The van der Waals surface area contributed by atoms with E-state index < -0.39 is 5.97 Å². The van der Waals surface area contributed by atoms with Gasteiger partial charge in [-0.1, -0.05) is 12.1 Å². The van der Waals surface area contributed by atoms with E-state index in [1.54, 1.807) is 12.1 Å². The highest BCUT2D eigenvalue weighted by Gasteiger charge is 2.32. The number of carbonyl (C=O) groups is 2. The lowest BCUT2D eigenvalue weighted by Gasteiger charge is -2.31. The number of aliphatic carboxylic acids is 1. The summed E-state index contributed by atoms with van der Waals surface area (Å²) in [5.74, 6) is -1.30. The maximum Gasteiger partial charge on any atom is 0.318 e. The van der Waals surface area contributed by atoms with Crippen molar-refractivity contribution in [3.8, 4) is 0 Å². The van der Waals surface area contributed by atoms with Gasteiger partial charge < -0.3 is 15.3 Å². The smallest absolute Gasteiger partial charge is 0.318 e. The number of carboxylic acids is 1. The first-order valence-corrected chi connectivity index (χ1v) is 8.60. The van der Waals surface area contributed by atoms with E-state index in [1.807, 2.05) is 4.90 Å². The van der Waals surface area contributed by atoms with Gasteiger partial charge in [-0.25, -0.2) is 9.18 Å². The fourth-order valence-electron chi connectivity index (χ4n) is 3.78. The second-order valence-corrected chi connectivity index (χ2v) is 6.74. The van der Waals surface area contributed by atoms with E-state index in [9.17, 15) is 14.0 Å². The van der Waals surface area contributed by atoms with E-state index in [0.717, 1.165) is 18.4 Å². The van der Waals surface area contributed by atoms with Crippen LogP contribution in [0.3, 0.4) is 0 Å². The van der Waals surface area contributed by atoms with Crippen molar-refractivity contribution in [2.75, 3.05) is 6.54 Å². The van der Waals surface area contributed by atoms with Gasteiger partial charge in [-0.15, -0.1) is 0 Å². The van der Waals surface area contributed by atoms with Crippen LogP contribution in [0.4, 0.5) is 9.18 Å². The molecule has 1 saturated heterocycles. The van der Waals surface area contributed by atoms with Gasteiger partial charge in [0.25, 0.3) is 0 Å². The van der Waals surface area contributed by atoms with Gasteiger partial charge in [0.15, 0.2) is 0 Å². The van der Waals surface area contributed by atoms with Gasteiger partial charge in [-0.3, -0.25) is 4.79 Å². The predicted octanol–water partition coefficient (Wildman–Crippen LogP) is 3.32. The molecule has 1 atom stereocenters. The van der Waals surface area contributed by atoms with E-state index in [0.29, 0.717) is 32.2 Å². The molecule has 6 heteroatoms. The highest BCUT2D eigenvalue weighted by atomic mass is 19.1. The summed E-state index contributed by atoms with van der Waals surface area (Å²) in [5, 5.41) is 12.1. The molecule has 1 aromatic rings. The average Bonchev–Trinajstić information content (AvgIpc) is 3.06. The van der Waals surface area contributed by atoms with Crippen molar-refractivity contribution in [2.24, 2.45) is 5.92 Å². The molecule has 130 valence electrons.